The predicted molar refractivity (Wildman–Crippen MR) is 136 cm³/mol. The maximum atomic E-state index is 12.8. The Hall–Kier alpha value is -2.42. The van der Waals surface area contributed by atoms with Crippen LogP contribution in [0.5, 0.6) is 0 Å². The van der Waals surface area contributed by atoms with E-state index in [1.165, 1.54) is 30.5 Å². The smallest absolute Gasteiger partial charge is 0.322 e. The molecule has 1 aliphatic heterocycles. The Morgan fingerprint density at radius 1 is 0.943 bits per heavy atom. The molecule has 4 aliphatic rings. The fourth-order valence-electron chi connectivity index (χ4n) is 6.19. The van der Waals surface area contributed by atoms with Gasteiger partial charge in [0.1, 0.15) is 0 Å². The minimum Gasteiger partial charge on any atom is -0.389 e. The summed E-state index contributed by atoms with van der Waals surface area (Å²) < 4.78 is 28.2. The van der Waals surface area contributed by atoms with Crippen LogP contribution in [0.2, 0.25) is 0 Å². The molecule has 7 nitrogen and oxygen atoms in total. The van der Waals surface area contributed by atoms with Crippen LogP contribution in [0.25, 0.3) is 0 Å². The standard InChI is InChI=1S/C27H35N3O4S/c1-25(2,32)19-35(33,34)29-27-14-11-26(12-15-27,13-16-27)22-7-9-23(10-8-22)28-24(31)30-17-20-5-3-4-6-21(20)18-30/h3-10,29,32H,11-19H2,1-2H3,(H,28,31). The first-order valence-corrected chi connectivity index (χ1v) is 14.1. The fraction of sp³-hybridized carbons (Fsp3) is 0.519. The van der Waals surface area contributed by atoms with Crippen molar-refractivity contribution in [1.82, 2.24) is 9.62 Å². The Kier molecular flexibility index (Phi) is 5.97. The number of sulfonamides is 1. The van der Waals surface area contributed by atoms with E-state index in [1.807, 2.05) is 29.2 Å². The molecule has 0 aromatic heterocycles. The molecule has 35 heavy (non-hydrogen) atoms. The van der Waals surface area contributed by atoms with E-state index in [0.717, 1.165) is 44.2 Å². The third-order valence-electron chi connectivity index (χ3n) is 8.04. The number of fused-ring (bicyclic) bond motifs is 4. The third-order valence-corrected chi connectivity index (χ3v) is 9.87. The van der Waals surface area contributed by atoms with Crippen molar-refractivity contribution in [3.63, 3.8) is 0 Å². The molecule has 3 fully saturated rings. The average molecular weight is 498 g/mol. The van der Waals surface area contributed by atoms with E-state index in [0.29, 0.717) is 13.1 Å². The van der Waals surface area contributed by atoms with Gasteiger partial charge < -0.3 is 15.3 Å². The van der Waals surface area contributed by atoms with Crippen LogP contribution in [0.3, 0.4) is 0 Å². The summed E-state index contributed by atoms with van der Waals surface area (Å²) in [6.07, 6.45) is 5.17. The first-order chi connectivity index (χ1) is 16.5. The van der Waals surface area contributed by atoms with Crippen LogP contribution in [-0.4, -0.2) is 41.3 Å². The van der Waals surface area contributed by atoms with Crippen molar-refractivity contribution in [1.29, 1.82) is 0 Å². The second kappa shape index (κ2) is 8.61. The van der Waals surface area contributed by atoms with Gasteiger partial charge in [-0.25, -0.2) is 17.9 Å². The molecule has 8 heteroatoms. The largest absolute Gasteiger partial charge is 0.389 e. The van der Waals surface area contributed by atoms with Crippen LogP contribution in [0.15, 0.2) is 48.5 Å². The SMILES string of the molecule is CC(C)(O)CS(=O)(=O)NC12CCC(c3ccc(NC(=O)N4Cc5ccccc5C4)cc3)(CC1)CC2. The monoisotopic (exact) mass is 497 g/mol. The van der Waals surface area contributed by atoms with Gasteiger partial charge in [0.2, 0.25) is 10.0 Å². The Balaban J connectivity index is 1.20. The zero-order valence-corrected chi connectivity index (χ0v) is 21.3. The summed E-state index contributed by atoms with van der Waals surface area (Å²) in [4.78, 5) is 14.6. The lowest BCUT2D eigenvalue weighted by atomic mass is 9.55. The van der Waals surface area contributed by atoms with Crippen LogP contribution < -0.4 is 10.0 Å². The van der Waals surface area contributed by atoms with E-state index in [1.54, 1.807) is 0 Å². The van der Waals surface area contributed by atoms with E-state index in [9.17, 15) is 18.3 Å². The van der Waals surface area contributed by atoms with Crippen molar-refractivity contribution in [3.8, 4) is 0 Å². The fourth-order valence-corrected chi connectivity index (χ4v) is 8.16. The number of carbonyl (C=O) groups excluding carboxylic acids is 1. The summed E-state index contributed by atoms with van der Waals surface area (Å²) in [5.74, 6) is -0.288. The molecule has 0 unspecified atom stereocenters. The number of aliphatic hydroxyl groups is 1. The molecular weight excluding hydrogens is 462 g/mol. The number of rotatable bonds is 6. The lowest BCUT2D eigenvalue weighted by Crippen LogP contribution is -2.58. The Morgan fingerprint density at radius 2 is 1.49 bits per heavy atom. The molecule has 3 N–H and O–H groups in total. The number of hydrogen-bond donors (Lipinski definition) is 3. The lowest BCUT2D eigenvalue weighted by Gasteiger charge is -2.54. The first kappa shape index (κ1) is 24.3. The van der Waals surface area contributed by atoms with Crippen LogP contribution in [0.1, 0.15) is 69.1 Å². The zero-order valence-electron chi connectivity index (χ0n) is 20.5. The molecule has 188 valence electrons. The lowest BCUT2D eigenvalue weighted by molar-refractivity contribution is 0.0901. The van der Waals surface area contributed by atoms with Crippen molar-refractivity contribution in [2.45, 2.75) is 82.0 Å². The molecule has 0 radical (unpaired) electrons. The van der Waals surface area contributed by atoms with Gasteiger partial charge in [0.05, 0.1) is 11.4 Å². The van der Waals surface area contributed by atoms with Crippen LogP contribution >= 0.6 is 0 Å². The second-order valence-electron chi connectivity index (χ2n) is 11.4. The highest BCUT2D eigenvalue weighted by Gasteiger charge is 2.51. The summed E-state index contributed by atoms with van der Waals surface area (Å²) in [5.41, 5.74) is 2.85. The summed E-state index contributed by atoms with van der Waals surface area (Å²) in [5, 5.41) is 13.0. The summed E-state index contributed by atoms with van der Waals surface area (Å²) >= 11 is 0. The van der Waals surface area contributed by atoms with E-state index in [4.69, 9.17) is 0 Å². The van der Waals surface area contributed by atoms with Gasteiger partial charge in [0, 0.05) is 24.3 Å². The maximum Gasteiger partial charge on any atom is 0.322 e. The van der Waals surface area contributed by atoms with Crippen molar-refractivity contribution in [2.24, 2.45) is 0 Å². The van der Waals surface area contributed by atoms with Gasteiger partial charge in [-0.05, 0) is 86.6 Å². The molecule has 3 saturated carbocycles. The van der Waals surface area contributed by atoms with Gasteiger partial charge in [-0.15, -0.1) is 0 Å². The summed E-state index contributed by atoms with van der Waals surface area (Å²) in [6, 6.07) is 16.2. The minimum absolute atomic E-state index is 0.0581. The topological polar surface area (TPSA) is 98.7 Å². The van der Waals surface area contributed by atoms with Gasteiger partial charge in [-0.3, -0.25) is 0 Å². The van der Waals surface area contributed by atoms with Crippen molar-refractivity contribution < 1.29 is 18.3 Å². The van der Waals surface area contributed by atoms with Crippen molar-refractivity contribution >= 4 is 21.7 Å². The zero-order chi connectivity index (χ0) is 24.9. The molecule has 6 rings (SSSR count). The quantitative estimate of drug-likeness (QED) is 0.555. The highest BCUT2D eigenvalue weighted by molar-refractivity contribution is 7.89. The van der Waals surface area contributed by atoms with E-state index in [2.05, 4.69) is 34.3 Å². The molecule has 2 aromatic carbocycles. The van der Waals surface area contributed by atoms with Gasteiger partial charge >= 0.3 is 6.03 Å². The predicted octanol–water partition coefficient (Wildman–Crippen LogP) is 4.27. The van der Waals surface area contributed by atoms with E-state index in [-0.39, 0.29) is 17.2 Å². The number of nitrogens with zero attached hydrogens (tertiary/aromatic N) is 1. The summed E-state index contributed by atoms with van der Waals surface area (Å²) in [6.45, 7) is 4.30. The summed E-state index contributed by atoms with van der Waals surface area (Å²) in [7, 11) is -3.56. The molecule has 0 saturated heterocycles. The van der Waals surface area contributed by atoms with Gasteiger partial charge in [-0.2, -0.15) is 0 Å². The van der Waals surface area contributed by atoms with Crippen LogP contribution in [0.4, 0.5) is 10.5 Å². The number of benzene rings is 2. The number of carbonyl (C=O) groups is 1. The Bertz CT molecular complexity index is 1170. The number of anilines is 1. The van der Waals surface area contributed by atoms with Crippen molar-refractivity contribution in [2.75, 3.05) is 11.1 Å². The Labute approximate surface area is 208 Å². The van der Waals surface area contributed by atoms with Gasteiger partial charge in [0.25, 0.3) is 0 Å². The normalized spacial score (nSPS) is 26.0. The molecule has 1 heterocycles. The average Bonchev–Trinajstić information content (AvgIpc) is 3.23. The maximum absolute atomic E-state index is 12.8. The highest BCUT2D eigenvalue weighted by Crippen LogP contribution is 2.54. The molecule has 2 aromatic rings. The molecule has 2 bridgehead atoms. The van der Waals surface area contributed by atoms with E-state index < -0.39 is 21.2 Å². The molecular formula is C27H35N3O4S. The van der Waals surface area contributed by atoms with E-state index >= 15 is 0 Å². The van der Waals surface area contributed by atoms with Gasteiger partial charge in [-0.1, -0.05) is 36.4 Å². The Morgan fingerprint density at radius 3 is 2.00 bits per heavy atom. The van der Waals surface area contributed by atoms with Gasteiger partial charge in [0.15, 0.2) is 0 Å². The number of amides is 2. The molecule has 3 aliphatic carbocycles. The molecule has 0 atom stereocenters. The second-order valence-corrected chi connectivity index (χ2v) is 13.1. The number of urea groups is 1. The van der Waals surface area contributed by atoms with Crippen LogP contribution in [-0.2, 0) is 28.5 Å². The van der Waals surface area contributed by atoms with Crippen LogP contribution in [0, 0.1) is 0 Å². The number of hydrogen-bond acceptors (Lipinski definition) is 4. The third kappa shape index (κ3) is 5.10. The van der Waals surface area contributed by atoms with Crippen molar-refractivity contribution in [3.05, 3.63) is 65.2 Å². The molecule has 2 amide bonds. The first-order valence-electron chi connectivity index (χ1n) is 12.4. The number of nitrogens with one attached hydrogen (secondary N) is 2. The molecule has 0 spiro atoms. The minimum atomic E-state index is -3.56. The highest BCUT2D eigenvalue weighted by atomic mass is 32.2.